The van der Waals surface area contributed by atoms with Crippen molar-refractivity contribution >= 4 is 5.78 Å². The van der Waals surface area contributed by atoms with Gasteiger partial charge in [-0.2, -0.15) is 0 Å². The first kappa shape index (κ1) is 12.1. The van der Waals surface area contributed by atoms with Crippen LogP contribution in [-0.2, 0) is 5.41 Å². The second kappa shape index (κ2) is 4.15. The Kier molecular flexibility index (Phi) is 2.96. The molecule has 0 aliphatic carbocycles. The monoisotopic (exact) mass is 233 g/mol. The van der Waals surface area contributed by atoms with Crippen LogP contribution in [0.1, 0.15) is 43.1 Å². The molecule has 0 saturated heterocycles. The zero-order valence-electron chi connectivity index (χ0n) is 10.6. The summed E-state index contributed by atoms with van der Waals surface area (Å²) >= 11 is 0. The van der Waals surface area contributed by atoms with Crippen LogP contribution in [0.25, 0.3) is 0 Å². The number of fused-ring (bicyclic) bond motifs is 1. The van der Waals surface area contributed by atoms with Crippen LogP contribution in [0.15, 0.2) is 18.2 Å². The summed E-state index contributed by atoms with van der Waals surface area (Å²) in [5.74, 6) is 0.652. The number of ether oxygens (including phenoxy) is 1. The van der Waals surface area contributed by atoms with Crippen LogP contribution in [0.5, 0.6) is 5.75 Å². The molecule has 2 N–H and O–H groups in total. The molecule has 0 radical (unpaired) electrons. The molecule has 17 heavy (non-hydrogen) atoms. The highest BCUT2D eigenvalue weighted by molar-refractivity contribution is 6.02. The number of benzene rings is 1. The molecule has 0 aromatic heterocycles. The number of carbonyl (C=O) groups excluding carboxylic acids is 1. The molecule has 0 bridgehead atoms. The molecule has 1 atom stereocenters. The van der Waals surface area contributed by atoms with E-state index in [2.05, 4.69) is 20.8 Å². The molecule has 1 aromatic rings. The van der Waals surface area contributed by atoms with E-state index in [1.54, 1.807) is 0 Å². The predicted molar refractivity (Wildman–Crippen MR) is 67.6 cm³/mol. The third-order valence-electron chi connectivity index (χ3n) is 3.13. The lowest BCUT2D eigenvalue weighted by Crippen LogP contribution is -2.30. The molecular formula is C14H19NO2. The van der Waals surface area contributed by atoms with Crippen LogP contribution in [0, 0.1) is 0 Å². The molecule has 3 nitrogen and oxygen atoms in total. The van der Waals surface area contributed by atoms with Crippen LogP contribution in [-0.4, -0.2) is 18.4 Å². The number of ketones is 1. The lowest BCUT2D eigenvalue weighted by atomic mass is 9.85. The summed E-state index contributed by atoms with van der Waals surface area (Å²) in [6.07, 6.45) is 0.582. The van der Waals surface area contributed by atoms with Crippen molar-refractivity contribution in [2.75, 3.05) is 6.61 Å². The molecular weight excluding hydrogens is 214 g/mol. The topological polar surface area (TPSA) is 52.3 Å². The summed E-state index contributed by atoms with van der Waals surface area (Å²) in [5, 5.41) is 0. The van der Waals surface area contributed by atoms with Crippen LogP contribution in [0.2, 0.25) is 0 Å². The van der Waals surface area contributed by atoms with Crippen LogP contribution >= 0.6 is 0 Å². The van der Waals surface area contributed by atoms with Gasteiger partial charge in [0.25, 0.3) is 0 Å². The Morgan fingerprint density at radius 2 is 2.06 bits per heavy atom. The van der Waals surface area contributed by atoms with Gasteiger partial charge in [0.1, 0.15) is 5.75 Å². The second-order valence-corrected chi connectivity index (χ2v) is 5.57. The maximum Gasteiger partial charge on any atom is 0.183 e. The Hall–Kier alpha value is -1.35. The van der Waals surface area contributed by atoms with Gasteiger partial charge >= 0.3 is 0 Å². The summed E-state index contributed by atoms with van der Waals surface area (Å²) in [4.78, 5) is 12.1. The van der Waals surface area contributed by atoms with Gasteiger partial charge in [-0.25, -0.2) is 0 Å². The highest BCUT2D eigenvalue weighted by atomic mass is 16.5. The van der Waals surface area contributed by atoms with Crippen molar-refractivity contribution in [3.05, 3.63) is 29.3 Å². The molecule has 0 saturated carbocycles. The molecule has 1 heterocycles. The number of nitrogens with two attached hydrogens (primary N) is 1. The molecule has 0 amide bonds. The van der Waals surface area contributed by atoms with E-state index in [-0.39, 0.29) is 11.2 Å². The first-order chi connectivity index (χ1) is 7.89. The molecule has 2 rings (SSSR count). The molecule has 92 valence electrons. The van der Waals surface area contributed by atoms with E-state index in [1.807, 2.05) is 18.2 Å². The second-order valence-electron chi connectivity index (χ2n) is 5.57. The smallest absolute Gasteiger partial charge is 0.183 e. The molecule has 0 unspecified atom stereocenters. The largest absolute Gasteiger partial charge is 0.493 e. The maximum atomic E-state index is 12.1. The minimum Gasteiger partial charge on any atom is -0.493 e. The fourth-order valence-electron chi connectivity index (χ4n) is 1.94. The molecule has 1 aromatic carbocycles. The molecule has 3 heteroatoms. The number of hydrogen-bond donors (Lipinski definition) is 1. The minimum atomic E-state index is -0.438. The van der Waals surface area contributed by atoms with Crippen LogP contribution < -0.4 is 10.5 Å². The number of Topliss-reactive ketones (excluding diaryl/α,β-unsaturated/α-hetero) is 1. The van der Waals surface area contributed by atoms with Crippen molar-refractivity contribution in [2.45, 2.75) is 38.6 Å². The van der Waals surface area contributed by atoms with Gasteiger partial charge < -0.3 is 10.5 Å². The van der Waals surface area contributed by atoms with Gasteiger partial charge in [-0.3, -0.25) is 4.79 Å². The summed E-state index contributed by atoms with van der Waals surface area (Å²) in [7, 11) is 0. The van der Waals surface area contributed by atoms with Gasteiger partial charge in [-0.05, 0) is 23.1 Å². The van der Waals surface area contributed by atoms with Gasteiger partial charge in [0, 0.05) is 6.42 Å². The van der Waals surface area contributed by atoms with Crippen molar-refractivity contribution in [1.82, 2.24) is 0 Å². The highest BCUT2D eigenvalue weighted by Gasteiger charge is 2.25. The van der Waals surface area contributed by atoms with E-state index < -0.39 is 6.04 Å². The zero-order chi connectivity index (χ0) is 12.6. The molecule has 1 aliphatic rings. The van der Waals surface area contributed by atoms with Gasteiger partial charge in [0.15, 0.2) is 5.78 Å². The molecule has 0 fully saturated rings. The van der Waals surface area contributed by atoms with Crippen LogP contribution in [0.4, 0.5) is 0 Å². The third-order valence-corrected chi connectivity index (χ3v) is 3.13. The van der Waals surface area contributed by atoms with Crippen LogP contribution in [0.3, 0.4) is 0 Å². The van der Waals surface area contributed by atoms with E-state index in [4.69, 9.17) is 10.5 Å². The third kappa shape index (κ3) is 2.34. The lowest BCUT2D eigenvalue weighted by Gasteiger charge is -2.20. The minimum absolute atomic E-state index is 0.0106. The van der Waals surface area contributed by atoms with E-state index in [9.17, 15) is 4.79 Å². The van der Waals surface area contributed by atoms with Crippen molar-refractivity contribution in [1.29, 1.82) is 0 Å². The first-order valence-electron chi connectivity index (χ1n) is 5.97. The van der Waals surface area contributed by atoms with Crippen molar-refractivity contribution in [3.8, 4) is 5.75 Å². The van der Waals surface area contributed by atoms with Gasteiger partial charge in [0.05, 0.1) is 18.2 Å². The SMILES string of the molecule is CC(C)(C)c1ccc2c(c1)C(=O)[C@H](N)CCO2. The first-order valence-corrected chi connectivity index (χ1v) is 5.97. The van der Waals surface area contributed by atoms with Crippen molar-refractivity contribution < 1.29 is 9.53 Å². The summed E-state index contributed by atoms with van der Waals surface area (Å²) in [6.45, 7) is 6.87. The van der Waals surface area contributed by atoms with E-state index in [1.165, 1.54) is 0 Å². The number of rotatable bonds is 0. The lowest BCUT2D eigenvalue weighted by molar-refractivity contribution is 0.0960. The Bertz CT molecular complexity index is 446. The fraction of sp³-hybridized carbons (Fsp3) is 0.500. The summed E-state index contributed by atoms with van der Waals surface area (Å²) < 4.78 is 5.56. The predicted octanol–water partition coefficient (Wildman–Crippen LogP) is 2.28. The van der Waals surface area contributed by atoms with Gasteiger partial charge in [-0.15, -0.1) is 0 Å². The average Bonchev–Trinajstić information content (AvgIpc) is 2.39. The number of carbonyl (C=O) groups is 1. The fourth-order valence-corrected chi connectivity index (χ4v) is 1.94. The standard InChI is InChI=1S/C14H19NO2/c1-14(2,3)9-4-5-12-10(8-9)13(16)11(15)6-7-17-12/h4-5,8,11H,6-7,15H2,1-3H3/t11-/m1/s1. The Morgan fingerprint density at radius 3 is 2.71 bits per heavy atom. The Balaban J connectivity index is 2.49. The van der Waals surface area contributed by atoms with Gasteiger partial charge in [-0.1, -0.05) is 26.8 Å². The number of hydrogen-bond acceptors (Lipinski definition) is 3. The Morgan fingerprint density at radius 1 is 1.35 bits per heavy atom. The van der Waals surface area contributed by atoms with E-state index in [0.29, 0.717) is 24.3 Å². The quantitative estimate of drug-likeness (QED) is 0.748. The van der Waals surface area contributed by atoms with E-state index >= 15 is 0 Å². The highest BCUT2D eigenvalue weighted by Crippen LogP contribution is 2.30. The molecule has 1 aliphatic heterocycles. The van der Waals surface area contributed by atoms with E-state index in [0.717, 1.165) is 5.56 Å². The maximum absolute atomic E-state index is 12.1. The average molecular weight is 233 g/mol. The summed E-state index contributed by atoms with van der Waals surface area (Å²) in [5.41, 5.74) is 7.60. The normalized spacial score (nSPS) is 20.5. The Labute approximate surface area is 102 Å². The van der Waals surface area contributed by atoms with Gasteiger partial charge in [0.2, 0.25) is 0 Å². The summed E-state index contributed by atoms with van der Waals surface area (Å²) in [6, 6.07) is 5.38. The van der Waals surface area contributed by atoms with Crippen molar-refractivity contribution in [3.63, 3.8) is 0 Å². The zero-order valence-corrected chi connectivity index (χ0v) is 10.6. The van der Waals surface area contributed by atoms with Crippen molar-refractivity contribution in [2.24, 2.45) is 5.73 Å². The molecule has 0 spiro atoms.